The first kappa shape index (κ1) is 36.9. The average molecular weight is 647 g/mol. The van der Waals surface area contributed by atoms with Gasteiger partial charge in [0.25, 0.3) is 0 Å². The molecule has 16 heteroatoms. The average Bonchev–Trinajstić information content (AvgIpc) is 3.24. The minimum absolute atomic E-state index is 0.0417. The second-order valence-corrected chi connectivity index (χ2v) is 11.2. The molecule has 0 bridgehead atoms. The van der Waals surface area contributed by atoms with E-state index < -0.39 is 47.9 Å². The third-order valence-electron chi connectivity index (χ3n) is 7.23. The number of aliphatic carboxylic acids is 1. The molecule has 0 aliphatic carbocycles. The van der Waals surface area contributed by atoms with Crippen molar-refractivity contribution in [2.24, 2.45) is 31.3 Å². The topological polar surface area (TPSA) is 248 Å². The van der Waals surface area contributed by atoms with Gasteiger partial charge in [-0.1, -0.05) is 30.3 Å². The van der Waals surface area contributed by atoms with Crippen molar-refractivity contribution in [3.8, 4) is 0 Å². The van der Waals surface area contributed by atoms with Crippen molar-refractivity contribution in [3.05, 3.63) is 52.6 Å². The van der Waals surface area contributed by atoms with Gasteiger partial charge in [-0.3, -0.25) is 19.8 Å². The highest BCUT2D eigenvalue weighted by atomic mass is 32.1. The number of hydrogen-bond acceptors (Lipinski definition) is 8. The zero-order valence-corrected chi connectivity index (χ0v) is 26.6. The van der Waals surface area contributed by atoms with E-state index in [1.54, 1.807) is 59.8 Å². The highest BCUT2D eigenvalue weighted by Crippen LogP contribution is 2.10. The Kier molecular flexibility index (Phi) is 15.2. The van der Waals surface area contributed by atoms with Crippen LogP contribution in [0.3, 0.4) is 0 Å². The number of guanidine groups is 1. The number of nitrogens with one attached hydrogen (secondary N) is 5. The summed E-state index contributed by atoms with van der Waals surface area (Å²) < 4.78 is 3.92. The van der Waals surface area contributed by atoms with Crippen molar-refractivity contribution in [1.82, 2.24) is 30.4 Å². The Morgan fingerprint density at radius 2 is 1.53 bits per heavy atom. The third-order valence-corrected chi connectivity index (χ3v) is 7.79. The molecule has 0 aliphatic heterocycles. The fraction of sp³-hybridized carbons (Fsp3) is 0.517. The molecule has 0 saturated carbocycles. The zero-order chi connectivity index (χ0) is 33.5. The van der Waals surface area contributed by atoms with Crippen molar-refractivity contribution < 1.29 is 24.3 Å². The van der Waals surface area contributed by atoms with E-state index in [9.17, 15) is 24.3 Å². The van der Waals surface area contributed by atoms with Crippen molar-refractivity contribution in [2.75, 3.05) is 13.1 Å². The van der Waals surface area contributed by atoms with Gasteiger partial charge in [0.15, 0.2) is 10.7 Å². The van der Waals surface area contributed by atoms with Gasteiger partial charge in [-0.05, 0) is 56.4 Å². The quantitative estimate of drug-likeness (QED) is 0.0395. The highest BCUT2D eigenvalue weighted by Gasteiger charge is 2.31. The minimum atomic E-state index is -1.23. The molecule has 0 fully saturated rings. The summed E-state index contributed by atoms with van der Waals surface area (Å²) in [4.78, 5) is 52.2. The van der Waals surface area contributed by atoms with Gasteiger partial charge in [0.1, 0.15) is 18.1 Å². The Bertz CT molecular complexity index is 1360. The largest absolute Gasteiger partial charge is 0.480 e. The van der Waals surface area contributed by atoms with E-state index in [1.165, 1.54) is 0 Å². The van der Waals surface area contributed by atoms with E-state index in [0.717, 1.165) is 5.56 Å². The summed E-state index contributed by atoms with van der Waals surface area (Å²) in [6.45, 7) is 0.726. The van der Waals surface area contributed by atoms with E-state index in [4.69, 9.17) is 34.8 Å². The van der Waals surface area contributed by atoms with Gasteiger partial charge in [-0.15, -0.1) is 0 Å². The maximum absolute atomic E-state index is 13.7. The number of unbranched alkanes of at least 4 members (excludes halogenated alkanes) is 1. The summed E-state index contributed by atoms with van der Waals surface area (Å²) >= 11 is 5.39. The maximum Gasteiger partial charge on any atom is 0.326 e. The summed E-state index contributed by atoms with van der Waals surface area (Å²) in [5.74, 6) is -3.30. The van der Waals surface area contributed by atoms with E-state index >= 15 is 0 Å². The molecule has 1 heterocycles. The number of imidazole rings is 1. The molecule has 4 atom stereocenters. The minimum Gasteiger partial charge on any atom is -0.480 e. The van der Waals surface area contributed by atoms with Crippen molar-refractivity contribution in [3.63, 3.8) is 0 Å². The first-order valence-electron chi connectivity index (χ1n) is 14.8. The summed E-state index contributed by atoms with van der Waals surface area (Å²) in [5, 5.41) is 27.7. The molecule has 1 aromatic heterocycles. The Labute approximate surface area is 267 Å². The number of carbonyl (C=O) groups is 4. The molecule has 0 aliphatic rings. The van der Waals surface area contributed by atoms with Gasteiger partial charge in [0, 0.05) is 45.4 Å². The number of nitrogens with two attached hydrogens (primary N) is 3. The molecule has 15 nitrogen and oxygen atoms in total. The lowest BCUT2D eigenvalue weighted by molar-refractivity contribution is -0.142. The van der Waals surface area contributed by atoms with Gasteiger partial charge in [0.05, 0.1) is 6.04 Å². The fourth-order valence-corrected chi connectivity index (χ4v) is 4.81. The van der Waals surface area contributed by atoms with Crippen LogP contribution < -0.4 is 38.5 Å². The standard InChI is InChI=1S/C29H46N10O5S/c1-38-17-19(39(2)29(38)45)16-22(36-24(40)20(31)11-8-14-34-28(32)33)26(42)35-21(12-6-7-13-30)25(41)37-23(27(43)44)15-18-9-4-3-5-10-18/h3-5,9-10,17,20-23H,6-8,11-16,30-31H2,1-2H3,(H,35,42)(H,36,40)(H,37,41)(H,43,44)(H4,32,33,34). The molecule has 0 spiro atoms. The first-order chi connectivity index (χ1) is 21.3. The fourth-order valence-electron chi connectivity index (χ4n) is 4.64. The van der Waals surface area contributed by atoms with Gasteiger partial charge in [-0.2, -0.15) is 0 Å². The van der Waals surface area contributed by atoms with Crippen molar-refractivity contribution in [2.45, 2.75) is 69.1 Å². The SMILES string of the molecule is Cn1cc(CC(NC(=O)C(N)CCCNC(=N)N)C(=O)NC(CCCCN)C(=O)NC(Cc2ccccc2)C(=O)O)n(C)c1=S. The van der Waals surface area contributed by atoms with Crippen LogP contribution in [0.2, 0.25) is 0 Å². The van der Waals surface area contributed by atoms with Crippen LogP contribution in [-0.4, -0.2) is 81.1 Å². The lowest BCUT2D eigenvalue weighted by Gasteiger charge is -2.25. The smallest absolute Gasteiger partial charge is 0.326 e. The number of aromatic nitrogens is 2. The molecule has 0 saturated heterocycles. The van der Waals surface area contributed by atoms with Gasteiger partial charge < -0.3 is 52.7 Å². The molecule has 2 rings (SSSR count). The predicted molar refractivity (Wildman–Crippen MR) is 173 cm³/mol. The van der Waals surface area contributed by atoms with E-state index in [0.29, 0.717) is 42.8 Å². The van der Waals surface area contributed by atoms with Crippen LogP contribution >= 0.6 is 12.2 Å². The monoisotopic (exact) mass is 646 g/mol. The van der Waals surface area contributed by atoms with Crippen LogP contribution in [0, 0.1) is 10.2 Å². The van der Waals surface area contributed by atoms with Crippen LogP contribution in [0.1, 0.15) is 43.4 Å². The Hall–Kier alpha value is -4.28. The lowest BCUT2D eigenvalue weighted by atomic mass is 10.0. The summed E-state index contributed by atoms with van der Waals surface area (Å²) in [7, 11) is 3.50. The van der Waals surface area contributed by atoms with Crippen LogP contribution in [0.4, 0.5) is 0 Å². The van der Waals surface area contributed by atoms with Crippen LogP contribution in [-0.2, 0) is 46.1 Å². The molecular weight excluding hydrogens is 600 g/mol. The molecule has 248 valence electrons. The van der Waals surface area contributed by atoms with E-state index in [-0.39, 0.29) is 31.6 Å². The number of aryl methyl sites for hydroxylation is 1. The number of hydrogen-bond donors (Lipinski definition) is 9. The van der Waals surface area contributed by atoms with E-state index in [1.807, 2.05) is 0 Å². The highest BCUT2D eigenvalue weighted by molar-refractivity contribution is 7.71. The Balaban J connectivity index is 2.25. The maximum atomic E-state index is 13.7. The number of carboxylic acid groups (broad SMARTS) is 1. The number of carbonyl (C=O) groups excluding carboxylic acids is 3. The summed E-state index contributed by atoms with van der Waals surface area (Å²) in [5.41, 5.74) is 18.4. The number of amides is 3. The molecular formula is C29H46N10O5S. The van der Waals surface area contributed by atoms with Crippen molar-refractivity contribution >= 4 is 41.9 Å². The number of rotatable bonds is 19. The Morgan fingerprint density at radius 1 is 0.911 bits per heavy atom. The van der Waals surface area contributed by atoms with Crippen LogP contribution in [0.25, 0.3) is 0 Å². The molecule has 2 aromatic rings. The Morgan fingerprint density at radius 3 is 2.11 bits per heavy atom. The normalized spacial score (nSPS) is 13.6. The molecule has 12 N–H and O–H groups in total. The third kappa shape index (κ3) is 12.3. The lowest BCUT2D eigenvalue weighted by Crippen LogP contribution is -2.57. The van der Waals surface area contributed by atoms with Crippen LogP contribution in [0.15, 0.2) is 36.5 Å². The van der Waals surface area contributed by atoms with Gasteiger partial charge in [0.2, 0.25) is 17.7 Å². The number of carboxylic acids is 1. The van der Waals surface area contributed by atoms with E-state index in [2.05, 4.69) is 21.3 Å². The van der Waals surface area contributed by atoms with Gasteiger partial charge >= 0.3 is 5.97 Å². The van der Waals surface area contributed by atoms with Crippen LogP contribution in [0.5, 0.6) is 0 Å². The molecule has 1 aromatic carbocycles. The summed E-state index contributed by atoms with van der Waals surface area (Å²) in [6.07, 6.45) is 3.83. The zero-order valence-electron chi connectivity index (χ0n) is 25.8. The molecule has 45 heavy (non-hydrogen) atoms. The second-order valence-electron chi connectivity index (χ2n) is 10.9. The molecule has 0 radical (unpaired) electrons. The summed E-state index contributed by atoms with van der Waals surface area (Å²) in [6, 6.07) is 4.47. The molecule has 4 unspecified atom stereocenters. The first-order valence-corrected chi connectivity index (χ1v) is 15.2. The second kappa shape index (κ2) is 18.5. The van der Waals surface area contributed by atoms with Crippen molar-refractivity contribution in [1.29, 1.82) is 5.41 Å². The predicted octanol–water partition coefficient (Wildman–Crippen LogP) is -0.863. The number of benzene rings is 1. The van der Waals surface area contributed by atoms with Gasteiger partial charge in [-0.25, -0.2) is 4.79 Å². The molecule has 3 amide bonds. The number of nitrogens with zero attached hydrogens (tertiary/aromatic N) is 2.